The summed E-state index contributed by atoms with van der Waals surface area (Å²) >= 11 is 1.34. The Hall–Kier alpha value is -1.56. The molecular weight excluding hydrogens is 281 g/mol. The topological polar surface area (TPSA) is 66.4 Å². The number of nitrogens with one attached hydrogen (secondary N) is 1. The van der Waals surface area contributed by atoms with Gasteiger partial charge < -0.3 is 10.4 Å². The molecule has 0 radical (unpaired) electrons. The highest BCUT2D eigenvalue weighted by atomic mass is 32.2. The SMILES string of the molecule is CC(CCCC(=O)O)NC(=O)CSc1ccc(F)cc1. The number of benzene rings is 1. The summed E-state index contributed by atoms with van der Waals surface area (Å²) in [7, 11) is 0. The van der Waals surface area contributed by atoms with E-state index in [4.69, 9.17) is 5.11 Å². The molecule has 110 valence electrons. The number of carboxylic acid groups (broad SMARTS) is 1. The number of aliphatic carboxylic acids is 1. The second-order valence-electron chi connectivity index (χ2n) is 4.50. The van der Waals surface area contributed by atoms with Crippen molar-refractivity contribution in [2.45, 2.75) is 37.1 Å². The van der Waals surface area contributed by atoms with Gasteiger partial charge in [-0.2, -0.15) is 0 Å². The molecule has 0 bridgehead atoms. The van der Waals surface area contributed by atoms with Crippen LogP contribution in [-0.2, 0) is 9.59 Å². The molecule has 1 unspecified atom stereocenters. The normalized spacial score (nSPS) is 11.9. The molecule has 1 amide bonds. The predicted octanol–water partition coefficient (Wildman–Crippen LogP) is 2.68. The molecule has 0 spiro atoms. The lowest BCUT2D eigenvalue weighted by Gasteiger charge is -2.13. The third-order valence-electron chi connectivity index (χ3n) is 2.62. The molecule has 0 heterocycles. The Labute approximate surface area is 121 Å². The summed E-state index contributed by atoms with van der Waals surface area (Å²) in [6.45, 7) is 1.85. The van der Waals surface area contributed by atoms with Crippen LogP contribution in [0.4, 0.5) is 4.39 Å². The van der Waals surface area contributed by atoms with Crippen LogP contribution >= 0.6 is 11.8 Å². The molecule has 0 saturated carbocycles. The fourth-order valence-electron chi connectivity index (χ4n) is 1.63. The summed E-state index contributed by atoms with van der Waals surface area (Å²) in [5.41, 5.74) is 0. The molecular formula is C14H18FNO3S. The van der Waals surface area contributed by atoms with Gasteiger partial charge in [0.1, 0.15) is 5.82 Å². The minimum absolute atomic E-state index is 0.0457. The van der Waals surface area contributed by atoms with E-state index in [2.05, 4.69) is 5.32 Å². The lowest BCUT2D eigenvalue weighted by Crippen LogP contribution is -2.33. The summed E-state index contributed by atoms with van der Waals surface area (Å²) in [6.07, 6.45) is 1.30. The first-order valence-electron chi connectivity index (χ1n) is 6.37. The Balaban J connectivity index is 2.22. The summed E-state index contributed by atoms with van der Waals surface area (Å²) < 4.78 is 12.7. The van der Waals surface area contributed by atoms with Crippen molar-refractivity contribution in [3.05, 3.63) is 30.1 Å². The number of carboxylic acids is 1. The van der Waals surface area contributed by atoms with Crippen molar-refractivity contribution < 1.29 is 19.1 Å². The number of amides is 1. The van der Waals surface area contributed by atoms with E-state index in [0.29, 0.717) is 12.8 Å². The van der Waals surface area contributed by atoms with E-state index in [-0.39, 0.29) is 29.9 Å². The van der Waals surface area contributed by atoms with Crippen LogP contribution in [-0.4, -0.2) is 28.8 Å². The van der Waals surface area contributed by atoms with Gasteiger partial charge in [0.15, 0.2) is 0 Å². The number of thioether (sulfide) groups is 1. The molecule has 6 heteroatoms. The van der Waals surface area contributed by atoms with Crippen molar-refractivity contribution in [3.8, 4) is 0 Å². The largest absolute Gasteiger partial charge is 0.481 e. The number of halogens is 1. The van der Waals surface area contributed by atoms with E-state index in [1.165, 1.54) is 23.9 Å². The zero-order valence-corrected chi connectivity index (χ0v) is 12.1. The molecule has 0 aliphatic carbocycles. The average molecular weight is 299 g/mol. The standard InChI is InChI=1S/C14H18FNO3S/c1-10(3-2-4-14(18)19)16-13(17)9-20-12-7-5-11(15)6-8-12/h5-8,10H,2-4,9H2,1H3,(H,16,17)(H,18,19). The van der Waals surface area contributed by atoms with Crippen molar-refractivity contribution in [3.63, 3.8) is 0 Å². The second-order valence-corrected chi connectivity index (χ2v) is 5.55. The van der Waals surface area contributed by atoms with Crippen molar-refractivity contribution in [2.75, 3.05) is 5.75 Å². The average Bonchev–Trinajstić information content (AvgIpc) is 2.37. The summed E-state index contributed by atoms with van der Waals surface area (Å²) in [5, 5.41) is 11.3. The van der Waals surface area contributed by atoms with Gasteiger partial charge in [-0.1, -0.05) is 0 Å². The highest BCUT2D eigenvalue weighted by molar-refractivity contribution is 8.00. The van der Waals surface area contributed by atoms with Crippen LogP contribution in [0.25, 0.3) is 0 Å². The first-order valence-corrected chi connectivity index (χ1v) is 7.35. The summed E-state index contributed by atoms with van der Waals surface area (Å²) in [5.74, 6) is -0.974. The minimum Gasteiger partial charge on any atom is -0.481 e. The molecule has 1 atom stereocenters. The Morgan fingerprint density at radius 3 is 2.60 bits per heavy atom. The van der Waals surface area contributed by atoms with Gasteiger partial charge in [0.05, 0.1) is 5.75 Å². The van der Waals surface area contributed by atoms with Crippen LogP contribution in [0.3, 0.4) is 0 Å². The van der Waals surface area contributed by atoms with Crippen LogP contribution in [0.5, 0.6) is 0 Å². The fraction of sp³-hybridized carbons (Fsp3) is 0.429. The zero-order valence-electron chi connectivity index (χ0n) is 11.3. The highest BCUT2D eigenvalue weighted by Crippen LogP contribution is 2.17. The van der Waals surface area contributed by atoms with Gasteiger partial charge in [-0.15, -0.1) is 11.8 Å². The smallest absolute Gasteiger partial charge is 0.303 e. The van der Waals surface area contributed by atoms with Crippen LogP contribution in [0.2, 0.25) is 0 Å². The number of hydrogen-bond acceptors (Lipinski definition) is 3. The molecule has 1 aromatic carbocycles. The Morgan fingerprint density at radius 1 is 1.35 bits per heavy atom. The quantitative estimate of drug-likeness (QED) is 0.724. The first kappa shape index (κ1) is 16.5. The molecule has 0 fully saturated rings. The van der Waals surface area contributed by atoms with Gasteiger partial charge in [0.2, 0.25) is 5.91 Å². The Morgan fingerprint density at radius 2 is 2.00 bits per heavy atom. The Bertz CT molecular complexity index is 450. The van der Waals surface area contributed by atoms with Gasteiger partial charge >= 0.3 is 5.97 Å². The molecule has 1 rings (SSSR count). The molecule has 0 saturated heterocycles. The van der Waals surface area contributed by atoms with E-state index < -0.39 is 5.97 Å². The number of hydrogen-bond donors (Lipinski definition) is 2. The van der Waals surface area contributed by atoms with Crippen LogP contribution < -0.4 is 5.32 Å². The van der Waals surface area contributed by atoms with E-state index in [1.807, 2.05) is 6.92 Å². The van der Waals surface area contributed by atoms with Crippen LogP contribution in [0.15, 0.2) is 29.2 Å². The maximum absolute atomic E-state index is 12.7. The first-order chi connectivity index (χ1) is 9.47. The van der Waals surface area contributed by atoms with Gasteiger partial charge in [0, 0.05) is 17.4 Å². The van der Waals surface area contributed by atoms with E-state index in [0.717, 1.165) is 4.90 Å². The highest BCUT2D eigenvalue weighted by Gasteiger charge is 2.08. The maximum Gasteiger partial charge on any atom is 0.303 e. The molecule has 20 heavy (non-hydrogen) atoms. The Kier molecular flexibility index (Phi) is 7.08. The molecule has 0 aliphatic heterocycles. The third-order valence-corrected chi connectivity index (χ3v) is 3.63. The van der Waals surface area contributed by atoms with E-state index in [1.54, 1.807) is 12.1 Å². The van der Waals surface area contributed by atoms with Crippen LogP contribution in [0, 0.1) is 5.82 Å². The number of carbonyl (C=O) groups is 2. The third kappa shape index (κ3) is 7.13. The number of carbonyl (C=O) groups excluding carboxylic acids is 1. The van der Waals surface area contributed by atoms with Gasteiger partial charge in [-0.05, 0) is 44.0 Å². The second kappa shape index (κ2) is 8.58. The molecule has 0 aromatic heterocycles. The minimum atomic E-state index is -0.824. The molecule has 0 aliphatic rings. The molecule has 1 aromatic rings. The zero-order chi connectivity index (χ0) is 15.0. The predicted molar refractivity (Wildman–Crippen MR) is 76.2 cm³/mol. The molecule has 4 nitrogen and oxygen atoms in total. The van der Waals surface area contributed by atoms with Gasteiger partial charge in [-0.3, -0.25) is 9.59 Å². The fourth-order valence-corrected chi connectivity index (χ4v) is 2.34. The van der Waals surface area contributed by atoms with E-state index in [9.17, 15) is 14.0 Å². The summed E-state index contributed by atoms with van der Waals surface area (Å²) in [6, 6.07) is 5.92. The van der Waals surface area contributed by atoms with Crippen molar-refractivity contribution >= 4 is 23.6 Å². The van der Waals surface area contributed by atoms with Gasteiger partial charge in [-0.25, -0.2) is 4.39 Å². The maximum atomic E-state index is 12.7. The van der Waals surface area contributed by atoms with Crippen molar-refractivity contribution in [1.29, 1.82) is 0 Å². The number of rotatable bonds is 8. The molecule has 2 N–H and O–H groups in total. The van der Waals surface area contributed by atoms with Crippen molar-refractivity contribution in [2.24, 2.45) is 0 Å². The van der Waals surface area contributed by atoms with Crippen LogP contribution in [0.1, 0.15) is 26.2 Å². The van der Waals surface area contributed by atoms with Gasteiger partial charge in [0.25, 0.3) is 0 Å². The van der Waals surface area contributed by atoms with Crippen molar-refractivity contribution in [1.82, 2.24) is 5.32 Å². The lowest BCUT2D eigenvalue weighted by molar-refractivity contribution is -0.137. The lowest BCUT2D eigenvalue weighted by atomic mass is 10.1. The summed E-state index contributed by atoms with van der Waals surface area (Å²) in [4.78, 5) is 22.9. The monoisotopic (exact) mass is 299 g/mol. The van der Waals surface area contributed by atoms with E-state index >= 15 is 0 Å².